The number of aromatic nitrogens is 1. The molecule has 1 aliphatic rings. The molecule has 2 amide bonds. The van der Waals surface area contributed by atoms with Crippen molar-refractivity contribution < 1.29 is 26.4 Å². The summed E-state index contributed by atoms with van der Waals surface area (Å²) in [6.45, 7) is -0.808. The van der Waals surface area contributed by atoms with Crippen molar-refractivity contribution in [3.8, 4) is 0 Å². The van der Waals surface area contributed by atoms with Crippen molar-refractivity contribution in [1.82, 2.24) is 9.47 Å². The van der Waals surface area contributed by atoms with E-state index in [0.29, 0.717) is 30.5 Å². The van der Waals surface area contributed by atoms with Gasteiger partial charge in [-0.05, 0) is 30.9 Å². The van der Waals surface area contributed by atoms with Gasteiger partial charge in [0.25, 0.3) is 5.56 Å². The first-order valence-electron chi connectivity index (χ1n) is 7.94. The molecule has 0 aromatic carbocycles. The lowest BCUT2D eigenvalue weighted by atomic mass is 9.99. The van der Waals surface area contributed by atoms with Gasteiger partial charge in [0.15, 0.2) is 0 Å². The average molecular weight is 395 g/mol. The van der Waals surface area contributed by atoms with Gasteiger partial charge in [-0.2, -0.15) is 13.2 Å². The molecule has 0 saturated carbocycles. The molecule has 1 aromatic rings. The van der Waals surface area contributed by atoms with Gasteiger partial charge >= 0.3 is 12.2 Å². The number of urea groups is 1. The highest BCUT2D eigenvalue weighted by Gasteiger charge is 2.29. The van der Waals surface area contributed by atoms with Crippen molar-refractivity contribution in [2.24, 2.45) is 5.92 Å². The maximum Gasteiger partial charge on any atom is 0.406 e. The van der Waals surface area contributed by atoms with E-state index in [1.807, 2.05) is 0 Å². The highest BCUT2D eigenvalue weighted by atomic mass is 32.2. The van der Waals surface area contributed by atoms with Crippen molar-refractivity contribution >= 4 is 21.6 Å². The zero-order valence-corrected chi connectivity index (χ0v) is 14.9. The summed E-state index contributed by atoms with van der Waals surface area (Å²) in [7, 11) is -3.09. The van der Waals surface area contributed by atoms with Crippen LogP contribution in [-0.2, 0) is 16.4 Å². The van der Waals surface area contributed by atoms with E-state index in [2.05, 4.69) is 5.32 Å². The molecule has 1 aliphatic heterocycles. The van der Waals surface area contributed by atoms with Gasteiger partial charge < -0.3 is 14.8 Å². The van der Waals surface area contributed by atoms with Crippen LogP contribution in [0.2, 0.25) is 0 Å². The van der Waals surface area contributed by atoms with Gasteiger partial charge in [0.05, 0.1) is 5.75 Å². The molecule has 2 heterocycles. The van der Waals surface area contributed by atoms with Crippen LogP contribution in [0, 0.1) is 5.92 Å². The molecule has 0 radical (unpaired) electrons. The van der Waals surface area contributed by atoms with Crippen LogP contribution in [0.15, 0.2) is 23.1 Å². The highest BCUT2D eigenvalue weighted by molar-refractivity contribution is 7.90. The first-order valence-corrected chi connectivity index (χ1v) is 10.0. The molecular formula is C15H20F3N3O4S. The molecule has 2 rings (SSSR count). The molecule has 0 spiro atoms. The molecule has 1 aromatic heterocycles. The predicted octanol–water partition coefficient (Wildman–Crippen LogP) is 1.70. The Balaban J connectivity index is 1.99. The molecule has 1 N–H and O–H groups in total. The van der Waals surface area contributed by atoms with Crippen LogP contribution < -0.4 is 10.9 Å². The molecular weight excluding hydrogens is 375 g/mol. The van der Waals surface area contributed by atoms with Crippen LogP contribution in [0.25, 0.3) is 0 Å². The summed E-state index contributed by atoms with van der Waals surface area (Å²) in [6, 6.07) is 1.90. The summed E-state index contributed by atoms with van der Waals surface area (Å²) in [5.74, 6) is 0.0262. The van der Waals surface area contributed by atoms with Gasteiger partial charge in [-0.25, -0.2) is 13.2 Å². The monoisotopic (exact) mass is 395 g/mol. The second-order valence-corrected chi connectivity index (χ2v) is 8.61. The lowest BCUT2D eigenvalue weighted by Crippen LogP contribution is -2.43. The van der Waals surface area contributed by atoms with Crippen molar-refractivity contribution in [2.75, 3.05) is 30.4 Å². The Morgan fingerprint density at radius 1 is 1.31 bits per heavy atom. The Bertz CT molecular complexity index is 812. The standard InChI is InChI=1S/C15H20F3N3O4S/c1-26(24,25)9-11-4-7-20(8-5-11)14(23)19-12-3-2-6-21(13(12)22)10-15(16,17)18/h2-3,6,11H,4-5,7-10H2,1H3,(H,19,23). The third-order valence-electron chi connectivity index (χ3n) is 4.05. The van der Waals surface area contributed by atoms with Gasteiger partial charge in [0, 0.05) is 25.5 Å². The zero-order chi connectivity index (χ0) is 19.5. The number of sulfone groups is 1. The van der Waals surface area contributed by atoms with E-state index < -0.39 is 34.1 Å². The van der Waals surface area contributed by atoms with Crippen LogP contribution in [0.1, 0.15) is 12.8 Å². The van der Waals surface area contributed by atoms with Crippen molar-refractivity contribution in [2.45, 2.75) is 25.6 Å². The quantitative estimate of drug-likeness (QED) is 0.841. The van der Waals surface area contributed by atoms with Crippen molar-refractivity contribution in [3.05, 3.63) is 28.7 Å². The fourth-order valence-electron chi connectivity index (χ4n) is 2.87. The summed E-state index contributed by atoms with van der Waals surface area (Å²) in [5, 5.41) is 2.34. The molecule has 0 unspecified atom stereocenters. The molecule has 1 fully saturated rings. The fraction of sp³-hybridized carbons (Fsp3) is 0.600. The number of alkyl halides is 3. The molecule has 1 saturated heterocycles. The van der Waals surface area contributed by atoms with Crippen LogP contribution in [0.5, 0.6) is 0 Å². The van der Waals surface area contributed by atoms with E-state index in [4.69, 9.17) is 0 Å². The number of carbonyl (C=O) groups is 1. The first-order chi connectivity index (χ1) is 11.9. The number of carbonyl (C=O) groups excluding carboxylic acids is 1. The SMILES string of the molecule is CS(=O)(=O)CC1CCN(C(=O)Nc2cccn(CC(F)(F)F)c2=O)CC1. The van der Waals surface area contributed by atoms with Crippen LogP contribution in [0.4, 0.5) is 23.7 Å². The maximum atomic E-state index is 12.5. The minimum absolute atomic E-state index is 0.0326. The number of piperidine rings is 1. The third kappa shape index (κ3) is 6.04. The van der Waals surface area contributed by atoms with E-state index in [1.165, 1.54) is 17.0 Å². The Kier molecular flexibility index (Phi) is 5.99. The number of hydrogen-bond acceptors (Lipinski definition) is 4. The average Bonchev–Trinajstić information content (AvgIpc) is 2.49. The number of anilines is 1. The normalized spacial score (nSPS) is 16.5. The molecule has 0 bridgehead atoms. The number of likely N-dealkylation sites (tertiary alicyclic amines) is 1. The number of amides is 2. The number of halogens is 3. The van der Waals surface area contributed by atoms with Crippen LogP contribution >= 0.6 is 0 Å². The number of hydrogen-bond donors (Lipinski definition) is 1. The summed E-state index contributed by atoms with van der Waals surface area (Å²) in [6.07, 6.45) is -1.37. The van der Waals surface area contributed by atoms with E-state index >= 15 is 0 Å². The van der Waals surface area contributed by atoms with E-state index in [-0.39, 0.29) is 17.4 Å². The van der Waals surface area contributed by atoms with E-state index in [0.717, 1.165) is 12.5 Å². The lowest BCUT2D eigenvalue weighted by Gasteiger charge is -2.31. The smallest absolute Gasteiger partial charge is 0.325 e. The number of nitrogens with zero attached hydrogens (tertiary/aromatic N) is 2. The minimum atomic E-state index is -4.55. The largest absolute Gasteiger partial charge is 0.406 e. The second-order valence-electron chi connectivity index (χ2n) is 6.42. The van der Waals surface area contributed by atoms with Crippen LogP contribution in [0.3, 0.4) is 0 Å². The van der Waals surface area contributed by atoms with Crippen LogP contribution in [-0.4, -0.2) is 55.2 Å². The van der Waals surface area contributed by atoms with Gasteiger partial charge in [-0.15, -0.1) is 0 Å². The topological polar surface area (TPSA) is 88.5 Å². The number of rotatable bonds is 4. The Morgan fingerprint density at radius 3 is 2.46 bits per heavy atom. The molecule has 0 atom stereocenters. The summed E-state index contributed by atoms with van der Waals surface area (Å²) >= 11 is 0. The summed E-state index contributed by atoms with van der Waals surface area (Å²) in [4.78, 5) is 25.7. The van der Waals surface area contributed by atoms with Gasteiger partial charge in [-0.3, -0.25) is 4.79 Å². The van der Waals surface area contributed by atoms with Gasteiger partial charge in [0.2, 0.25) is 0 Å². The number of nitrogens with one attached hydrogen (secondary N) is 1. The highest BCUT2D eigenvalue weighted by Crippen LogP contribution is 2.20. The summed E-state index contributed by atoms with van der Waals surface area (Å²) < 4.78 is 60.5. The number of pyridine rings is 1. The zero-order valence-electron chi connectivity index (χ0n) is 14.1. The van der Waals surface area contributed by atoms with E-state index in [1.54, 1.807) is 0 Å². The first kappa shape index (κ1) is 20.3. The lowest BCUT2D eigenvalue weighted by molar-refractivity contribution is -0.141. The fourth-order valence-corrected chi connectivity index (χ4v) is 4.06. The molecule has 0 aliphatic carbocycles. The third-order valence-corrected chi connectivity index (χ3v) is 5.13. The summed E-state index contributed by atoms with van der Waals surface area (Å²) in [5.41, 5.74) is -1.18. The molecule has 146 valence electrons. The minimum Gasteiger partial charge on any atom is -0.325 e. The molecule has 7 nitrogen and oxygen atoms in total. The van der Waals surface area contributed by atoms with Crippen molar-refractivity contribution in [1.29, 1.82) is 0 Å². The molecule has 11 heteroatoms. The van der Waals surface area contributed by atoms with E-state index in [9.17, 15) is 31.2 Å². The van der Waals surface area contributed by atoms with Gasteiger partial charge in [0.1, 0.15) is 22.1 Å². The Labute approximate surface area is 148 Å². The Morgan fingerprint density at radius 2 is 1.92 bits per heavy atom. The predicted molar refractivity (Wildman–Crippen MR) is 89.8 cm³/mol. The van der Waals surface area contributed by atoms with Crippen molar-refractivity contribution in [3.63, 3.8) is 0 Å². The second kappa shape index (κ2) is 7.68. The molecule has 26 heavy (non-hydrogen) atoms. The Hall–Kier alpha value is -2.04. The van der Waals surface area contributed by atoms with Gasteiger partial charge in [-0.1, -0.05) is 0 Å². The maximum absolute atomic E-state index is 12.5.